The van der Waals surface area contributed by atoms with Crippen LogP contribution >= 0.6 is 11.6 Å². The summed E-state index contributed by atoms with van der Waals surface area (Å²) in [4.78, 5) is 16.3. The summed E-state index contributed by atoms with van der Waals surface area (Å²) in [5.74, 6) is 0.333. The van der Waals surface area contributed by atoms with Crippen molar-refractivity contribution in [3.8, 4) is 5.88 Å². The Morgan fingerprint density at radius 3 is 2.45 bits per heavy atom. The average molecular weight is 419 g/mol. The molecule has 1 saturated carbocycles. The number of carbonyl (C=O) groups is 1. The molecule has 4 rings (SSSR count). The Kier molecular flexibility index (Phi) is 6.13. The van der Waals surface area contributed by atoms with E-state index in [0.29, 0.717) is 32.1 Å². The van der Waals surface area contributed by atoms with Crippen LogP contribution in [-0.2, 0) is 0 Å². The van der Waals surface area contributed by atoms with E-state index in [2.05, 4.69) is 15.1 Å². The number of halogens is 2. The van der Waals surface area contributed by atoms with Crippen LogP contribution in [0.4, 0.5) is 10.2 Å². The van der Waals surface area contributed by atoms with Gasteiger partial charge in [-0.15, -0.1) is 10.2 Å². The number of rotatable bonds is 4. The Morgan fingerprint density at radius 2 is 1.79 bits per heavy atom. The van der Waals surface area contributed by atoms with E-state index < -0.39 is 5.82 Å². The van der Waals surface area contributed by atoms with Gasteiger partial charge < -0.3 is 14.5 Å². The predicted octanol–water partition coefficient (Wildman–Crippen LogP) is 3.94. The van der Waals surface area contributed by atoms with E-state index in [4.69, 9.17) is 16.3 Å². The molecule has 0 radical (unpaired) electrons. The van der Waals surface area contributed by atoms with Crippen LogP contribution in [0.3, 0.4) is 0 Å². The van der Waals surface area contributed by atoms with Crippen molar-refractivity contribution < 1.29 is 13.9 Å². The van der Waals surface area contributed by atoms with E-state index in [1.54, 1.807) is 4.90 Å². The second kappa shape index (κ2) is 8.95. The smallest absolute Gasteiger partial charge is 0.258 e. The second-order valence-electron chi connectivity index (χ2n) is 7.48. The molecule has 1 aromatic heterocycles. The minimum absolute atomic E-state index is 0.0633. The lowest BCUT2D eigenvalue weighted by Crippen LogP contribution is -2.49. The van der Waals surface area contributed by atoms with Gasteiger partial charge in [0.25, 0.3) is 5.91 Å². The first-order chi connectivity index (χ1) is 14.1. The molecule has 0 N–H and O–H groups in total. The van der Waals surface area contributed by atoms with E-state index >= 15 is 0 Å². The van der Waals surface area contributed by atoms with Gasteiger partial charge in [0, 0.05) is 32.2 Å². The van der Waals surface area contributed by atoms with E-state index in [9.17, 15) is 9.18 Å². The SMILES string of the molecule is O=C(c1c(F)cccc1Cl)N1CCN(c2ccc(OC3CCCCC3)nn2)CC1. The minimum Gasteiger partial charge on any atom is -0.473 e. The topological polar surface area (TPSA) is 58.6 Å². The third-order valence-electron chi connectivity index (χ3n) is 5.53. The molecule has 0 atom stereocenters. The van der Waals surface area contributed by atoms with Gasteiger partial charge in [0.05, 0.1) is 10.6 Å². The summed E-state index contributed by atoms with van der Waals surface area (Å²) < 4.78 is 20.0. The molecule has 2 heterocycles. The molecule has 1 aromatic carbocycles. The molecule has 29 heavy (non-hydrogen) atoms. The third-order valence-corrected chi connectivity index (χ3v) is 5.85. The van der Waals surface area contributed by atoms with Crippen LogP contribution in [0.1, 0.15) is 42.5 Å². The Balaban J connectivity index is 1.34. The van der Waals surface area contributed by atoms with Crippen molar-refractivity contribution in [2.24, 2.45) is 0 Å². The minimum atomic E-state index is -0.593. The van der Waals surface area contributed by atoms with Gasteiger partial charge in [-0.2, -0.15) is 0 Å². The maximum absolute atomic E-state index is 14.0. The third kappa shape index (κ3) is 4.61. The van der Waals surface area contributed by atoms with Crippen LogP contribution in [0.15, 0.2) is 30.3 Å². The summed E-state index contributed by atoms with van der Waals surface area (Å²) in [5.41, 5.74) is -0.0633. The van der Waals surface area contributed by atoms with Crippen molar-refractivity contribution in [2.45, 2.75) is 38.2 Å². The van der Waals surface area contributed by atoms with Crippen LogP contribution in [0.25, 0.3) is 0 Å². The van der Waals surface area contributed by atoms with Crippen molar-refractivity contribution in [3.05, 3.63) is 46.7 Å². The van der Waals surface area contributed by atoms with Gasteiger partial charge in [0.1, 0.15) is 11.9 Å². The molecule has 8 heteroatoms. The summed E-state index contributed by atoms with van der Waals surface area (Å²) in [7, 11) is 0. The van der Waals surface area contributed by atoms with E-state index in [1.807, 2.05) is 12.1 Å². The zero-order chi connectivity index (χ0) is 20.2. The lowest BCUT2D eigenvalue weighted by atomic mass is 9.98. The van der Waals surface area contributed by atoms with Gasteiger partial charge in [-0.1, -0.05) is 24.1 Å². The summed E-state index contributed by atoms with van der Waals surface area (Å²) >= 11 is 6.02. The molecule has 1 amide bonds. The monoisotopic (exact) mass is 418 g/mol. The van der Waals surface area contributed by atoms with E-state index in [1.165, 1.54) is 37.5 Å². The summed E-state index contributed by atoms with van der Waals surface area (Å²) in [5, 5.41) is 8.64. The second-order valence-corrected chi connectivity index (χ2v) is 7.89. The number of amides is 1. The fraction of sp³-hybridized carbons (Fsp3) is 0.476. The molecule has 1 aliphatic carbocycles. The molecule has 2 fully saturated rings. The molecular weight excluding hydrogens is 395 g/mol. The number of hydrogen-bond donors (Lipinski definition) is 0. The maximum Gasteiger partial charge on any atom is 0.258 e. The van der Waals surface area contributed by atoms with Crippen LogP contribution in [0, 0.1) is 5.82 Å². The first-order valence-corrected chi connectivity index (χ1v) is 10.5. The summed E-state index contributed by atoms with van der Waals surface area (Å²) in [6.07, 6.45) is 6.08. The largest absolute Gasteiger partial charge is 0.473 e. The quantitative estimate of drug-likeness (QED) is 0.752. The van der Waals surface area contributed by atoms with Crippen molar-refractivity contribution in [3.63, 3.8) is 0 Å². The fourth-order valence-corrected chi connectivity index (χ4v) is 4.14. The van der Waals surface area contributed by atoms with Crippen molar-refractivity contribution in [1.29, 1.82) is 0 Å². The van der Waals surface area contributed by atoms with Gasteiger partial charge in [-0.3, -0.25) is 4.79 Å². The lowest BCUT2D eigenvalue weighted by Gasteiger charge is -2.35. The fourth-order valence-electron chi connectivity index (χ4n) is 3.90. The molecule has 154 valence electrons. The molecule has 2 aliphatic rings. The Hall–Kier alpha value is -2.41. The molecule has 0 bridgehead atoms. The number of nitrogens with zero attached hydrogens (tertiary/aromatic N) is 4. The number of benzene rings is 1. The standard InChI is InChI=1S/C21H24ClFN4O2/c22-16-7-4-8-17(23)20(16)21(28)27-13-11-26(12-14-27)18-9-10-19(25-24-18)29-15-5-2-1-3-6-15/h4,7-10,15H,1-3,5-6,11-14H2. The first-order valence-electron chi connectivity index (χ1n) is 10.1. The van der Waals surface area contributed by atoms with Crippen LogP contribution in [0.5, 0.6) is 5.88 Å². The zero-order valence-corrected chi connectivity index (χ0v) is 16.9. The van der Waals surface area contributed by atoms with Gasteiger partial charge in [0.2, 0.25) is 5.88 Å². The lowest BCUT2D eigenvalue weighted by molar-refractivity contribution is 0.0742. The first kappa shape index (κ1) is 19.9. The number of aromatic nitrogens is 2. The van der Waals surface area contributed by atoms with Crippen LogP contribution in [0.2, 0.25) is 5.02 Å². The van der Waals surface area contributed by atoms with Gasteiger partial charge in [-0.25, -0.2) is 4.39 Å². The highest BCUT2D eigenvalue weighted by atomic mass is 35.5. The Morgan fingerprint density at radius 1 is 1.03 bits per heavy atom. The normalized spacial score (nSPS) is 18.0. The molecule has 2 aromatic rings. The van der Waals surface area contributed by atoms with Crippen molar-refractivity contribution in [1.82, 2.24) is 15.1 Å². The molecule has 0 spiro atoms. The number of ether oxygens (including phenoxy) is 1. The van der Waals surface area contributed by atoms with Crippen molar-refractivity contribution in [2.75, 3.05) is 31.1 Å². The van der Waals surface area contributed by atoms with Crippen LogP contribution in [-0.4, -0.2) is 53.3 Å². The molecule has 1 saturated heterocycles. The molecule has 0 unspecified atom stereocenters. The van der Waals surface area contributed by atoms with Crippen LogP contribution < -0.4 is 9.64 Å². The number of carbonyl (C=O) groups excluding carboxylic acids is 1. The highest BCUT2D eigenvalue weighted by molar-refractivity contribution is 6.33. The zero-order valence-electron chi connectivity index (χ0n) is 16.2. The van der Waals surface area contributed by atoms with E-state index in [0.717, 1.165) is 18.7 Å². The van der Waals surface area contributed by atoms with Gasteiger partial charge in [0.15, 0.2) is 5.82 Å². The molecule has 6 nitrogen and oxygen atoms in total. The predicted molar refractivity (Wildman–Crippen MR) is 109 cm³/mol. The Labute approximate surface area is 174 Å². The molecular formula is C21H24ClFN4O2. The summed E-state index contributed by atoms with van der Waals surface area (Å²) in [6, 6.07) is 8.03. The number of piperazine rings is 1. The number of hydrogen-bond acceptors (Lipinski definition) is 5. The summed E-state index contributed by atoms with van der Waals surface area (Å²) in [6.45, 7) is 2.11. The highest BCUT2D eigenvalue weighted by Gasteiger charge is 2.26. The van der Waals surface area contributed by atoms with Crippen molar-refractivity contribution >= 4 is 23.3 Å². The van der Waals surface area contributed by atoms with Gasteiger partial charge >= 0.3 is 0 Å². The van der Waals surface area contributed by atoms with Gasteiger partial charge in [-0.05, 0) is 43.9 Å². The van der Waals surface area contributed by atoms with E-state index in [-0.39, 0.29) is 22.6 Å². The highest BCUT2D eigenvalue weighted by Crippen LogP contribution is 2.24. The average Bonchev–Trinajstić information content (AvgIpc) is 2.75. The number of anilines is 1. The Bertz CT molecular complexity index is 830. The maximum atomic E-state index is 14.0. The molecule has 1 aliphatic heterocycles.